The summed E-state index contributed by atoms with van der Waals surface area (Å²) in [7, 11) is -3.87. The van der Waals surface area contributed by atoms with Crippen LogP contribution in [-0.2, 0) is 32.2 Å². The van der Waals surface area contributed by atoms with Gasteiger partial charge in [-0.3, -0.25) is 0 Å². The largest absolute Gasteiger partial charge is 0.494 e. The number of sulfonamides is 1. The van der Waals surface area contributed by atoms with Gasteiger partial charge in [-0.05, 0) is 38.8 Å². The van der Waals surface area contributed by atoms with Gasteiger partial charge >= 0.3 is 0 Å². The number of benzene rings is 1. The molecule has 2 rings (SSSR count). The molecule has 0 saturated carbocycles. The monoisotopic (exact) mass is 436 g/mol. The average Bonchev–Trinajstić information content (AvgIpc) is 2.67. The summed E-state index contributed by atoms with van der Waals surface area (Å²) in [6, 6.07) is 2.71. The predicted octanol–water partition coefficient (Wildman–Crippen LogP) is 1.84. The highest BCUT2D eigenvalue weighted by Gasteiger charge is 2.32. The number of ether oxygens (including phenoxy) is 2. The van der Waals surface area contributed by atoms with E-state index in [2.05, 4.69) is 4.72 Å². The molecule has 0 radical (unpaired) electrons. The van der Waals surface area contributed by atoms with Gasteiger partial charge in [0.15, 0.2) is 11.6 Å². The molecule has 1 unspecified atom stereocenters. The Kier molecular flexibility index (Phi) is 7.97. The van der Waals surface area contributed by atoms with E-state index in [1.165, 1.54) is 23.5 Å². The Morgan fingerprint density at radius 1 is 1.32 bits per heavy atom. The maximum atomic E-state index is 15.0. The number of hydrogen-bond donors (Lipinski definition) is 1. The minimum atomic E-state index is -3.87. The molecule has 160 valence electrons. The Morgan fingerprint density at radius 3 is 2.54 bits per heavy atom. The summed E-state index contributed by atoms with van der Waals surface area (Å²) in [5.41, 5.74) is 0.0624. The second kappa shape index (κ2) is 9.62. The zero-order valence-electron chi connectivity index (χ0n) is 16.8. The lowest BCUT2D eigenvalue weighted by atomic mass is 10.0. The molecular formula is C18H29FN2O5S2. The Bertz CT molecular complexity index is 808. The first-order valence-corrected chi connectivity index (χ1v) is 11.8. The zero-order chi connectivity index (χ0) is 20.9. The van der Waals surface area contributed by atoms with E-state index in [4.69, 9.17) is 9.47 Å². The number of rotatable bonds is 9. The molecule has 0 bridgehead atoms. The number of hydrogen-bond acceptors (Lipinski definition) is 5. The van der Waals surface area contributed by atoms with E-state index in [0.717, 1.165) is 0 Å². The predicted molar refractivity (Wildman–Crippen MR) is 107 cm³/mol. The summed E-state index contributed by atoms with van der Waals surface area (Å²) in [5.74, 6) is -0.705. The third-order valence-electron chi connectivity index (χ3n) is 4.73. The second-order valence-corrected chi connectivity index (χ2v) is 10.9. The third-order valence-corrected chi connectivity index (χ3v) is 8.47. The smallest absolute Gasteiger partial charge is 0.243 e. The lowest BCUT2D eigenvalue weighted by molar-refractivity contribution is 0.0730. The van der Waals surface area contributed by atoms with Gasteiger partial charge in [0.05, 0.1) is 41.0 Å². The van der Waals surface area contributed by atoms with Crippen molar-refractivity contribution in [2.75, 3.05) is 40.0 Å². The molecule has 0 spiro atoms. The molecular weight excluding hydrogens is 407 g/mol. The Hall–Kier alpha value is -1.07. The van der Waals surface area contributed by atoms with Crippen molar-refractivity contribution in [2.24, 2.45) is 0 Å². The van der Waals surface area contributed by atoms with Crippen molar-refractivity contribution in [3.8, 4) is 5.75 Å². The van der Waals surface area contributed by atoms with E-state index < -0.39 is 31.6 Å². The fourth-order valence-corrected chi connectivity index (χ4v) is 5.58. The molecule has 1 atom stereocenters. The molecule has 7 nitrogen and oxygen atoms in total. The molecule has 0 aliphatic carbocycles. The summed E-state index contributed by atoms with van der Waals surface area (Å²) in [5, 5.41) is 0. The molecule has 10 heteroatoms. The lowest BCUT2D eigenvalue weighted by Gasteiger charge is -2.28. The van der Waals surface area contributed by atoms with Crippen molar-refractivity contribution in [3.63, 3.8) is 0 Å². The Morgan fingerprint density at radius 2 is 1.96 bits per heavy atom. The maximum Gasteiger partial charge on any atom is 0.243 e. The molecule has 1 aromatic rings. The SMILES string of the molecule is CCNS(=O)C(C)(C)CCc1c(S(=O)(=O)N2CCOCC2)ccc(OC)c1F. The normalized spacial score (nSPS) is 17.5. The van der Waals surface area contributed by atoms with Crippen LogP contribution in [0.1, 0.15) is 32.8 Å². The second-order valence-electron chi connectivity index (χ2n) is 7.10. The maximum absolute atomic E-state index is 15.0. The van der Waals surface area contributed by atoms with Gasteiger partial charge in [-0.25, -0.2) is 21.7 Å². The van der Waals surface area contributed by atoms with Gasteiger partial charge in [-0.15, -0.1) is 0 Å². The van der Waals surface area contributed by atoms with Crippen LogP contribution in [0.4, 0.5) is 4.39 Å². The first kappa shape index (κ1) is 23.2. The van der Waals surface area contributed by atoms with Gasteiger partial charge in [0, 0.05) is 25.2 Å². The molecule has 1 aliphatic heterocycles. The summed E-state index contributed by atoms with van der Waals surface area (Å²) >= 11 is 0. The molecule has 1 aliphatic rings. The van der Waals surface area contributed by atoms with E-state index in [0.29, 0.717) is 26.2 Å². The van der Waals surface area contributed by atoms with Gasteiger partial charge in [0.2, 0.25) is 10.0 Å². The van der Waals surface area contributed by atoms with Crippen LogP contribution in [-0.4, -0.2) is 61.6 Å². The van der Waals surface area contributed by atoms with Crippen LogP contribution in [0.5, 0.6) is 5.75 Å². The molecule has 1 aromatic carbocycles. The fraction of sp³-hybridized carbons (Fsp3) is 0.667. The van der Waals surface area contributed by atoms with Gasteiger partial charge in [0.1, 0.15) is 0 Å². The zero-order valence-corrected chi connectivity index (χ0v) is 18.4. The van der Waals surface area contributed by atoms with E-state index in [1.807, 2.05) is 6.92 Å². The third kappa shape index (κ3) is 5.10. The number of halogens is 1. The quantitative estimate of drug-likeness (QED) is 0.639. The highest BCUT2D eigenvalue weighted by atomic mass is 32.2. The van der Waals surface area contributed by atoms with Crippen molar-refractivity contribution < 1.29 is 26.5 Å². The molecule has 0 amide bonds. The number of nitrogens with one attached hydrogen (secondary N) is 1. The number of morpholine rings is 1. The van der Waals surface area contributed by atoms with Crippen molar-refractivity contribution in [2.45, 2.75) is 43.3 Å². The summed E-state index contributed by atoms with van der Waals surface area (Å²) in [6.07, 6.45) is 0.453. The van der Waals surface area contributed by atoms with Crippen LogP contribution >= 0.6 is 0 Å². The van der Waals surface area contributed by atoms with Gasteiger partial charge < -0.3 is 9.47 Å². The summed E-state index contributed by atoms with van der Waals surface area (Å²) in [4.78, 5) is -0.0715. The first-order chi connectivity index (χ1) is 13.1. The topological polar surface area (TPSA) is 84.9 Å². The molecule has 1 N–H and O–H groups in total. The van der Waals surface area contributed by atoms with Crippen molar-refractivity contribution in [3.05, 3.63) is 23.5 Å². The lowest BCUT2D eigenvalue weighted by Crippen LogP contribution is -2.41. The molecule has 1 fully saturated rings. The summed E-state index contributed by atoms with van der Waals surface area (Å²) in [6.45, 7) is 7.07. The van der Waals surface area contributed by atoms with Gasteiger partial charge in [-0.2, -0.15) is 4.31 Å². The van der Waals surface area contributed by atoms with Crippen LogP contribution < -0.4 is 9.46 Å². The minimum absolute atomic E-state index is 0.0125. The van der Waals surface area contributed by atoms with Crippen LogP contribution in [0.3, 0.4) is 0 Å². The number of nitrogens with zero attached hydrogens (tertiary/aromatic N) is 1. The van der Waals surface area contributed by atoms with Gasteiger partial charge in [-0.1, -0.05) is 6.92 Å². The van der Waals surface area contributed by atoms with Crippen LogP contribution in [0.15, 0.2) is 17.0 Å². The molecule has 0 aromatic heterocycles. The van der Waals surface area contributed by atoms with E-state index in [9.17, 15) is 12.6 Å². The molecule has 1 saturated heterocycles. The Labute approximate surface area is 169 Å². The molecule has 28 heavy (non-hydrogen) atoms. The van der Waals surface area contributed by atoms with E-state index >= 15 is 4.39 Å². The minimum Gasteiger partial charge on any atom is -0.494 e. The molecule has 1 heterocycles. The number of methoxy groups -OCH3 is 1. The van der Waals surface area contributed by atoms with E-state index in [-0.39, 0.29) is 35.7 Å². The standard InChI is InChI=1S/C18H29FN2O5S2/c1-5-20-27(22)18(2,3)9-8-14-16(7-6-15(25-4)17(14)19)28(23,24)21-10-12-26-13-11-21/h6-7,20H,5,8-13H2,1-4H3. The van der Waals surface area contributed by atoms with Crippen LogP contribution in [0.25, 0.3) is 0 Å². The summed E-state index contributed by atoms with van der Waals surface area (Å²) < 4.78 is 67.4. The first-order valence-electron chi connectivity index (χ1n) is 9.23. The van der Waals surface area contributed by atoms with E-state index in [1.54, 1.807) is 13.8 Å². The van der Waals surface area contributed by atoms with Crippen molar-refractivity contribution in [1.29, 1.82) is 0 Å². The highest BCUT2D eigenvalue weighted by Crippen LogP contribution is 2.32. The van der Waals surface area contributed by atoms with Crippen molar-refractivity contribution >= 4 is 21.0 Å². The van der Waals surface area contributed by atoms with Gasteiger partial charge in [0.25, 0.3) is 0 Å². The van der Waals surface area contributed by atoms with Crippen molar-refractivity contribution in [1.82, 2.24) is 9.03 Å². The highest BCUT2D eigenvalue weighted by molar-refractivity contribution is 7.89. The average molecular weight is 437 g/mol. The van der Waals surface area contributed by atoms with Crippen LogP contribution in [0, 0.1) is 5.82 Å². The Balaban J connectivity index is 2.40. The van der Waals surface area contributed by atoms with Crippen LogP contribution in [0.2, 0.25) is 0 Å². The fourth-order valence-electron chi connectivity index (χ4n) is 2.99.